The monoisotopic (exact) mass is 265 g/mol. The minimum atomic E-state index is -0.103. The molecule has 2 heterocycles. The Balaban J connectivity index is 2.04. The van der Waals surface area contributed by atoms with E-state index in [0.29, 0.717) is 17.4 Å². The summed E-state index contributed by atoms with van der Waals surface area (Å²) in [5, 5.41) is 6.88. The molecule has 1 aromatic rings. The van der Waals surface area contributed by atoms with Crippen LogP contribution in [0, 0.1) is 0 Å². The number of nitrogens with zero attached hydrogens (tertiary/aromatic N) is 3. The zero-order valence-electron chi connectivity index (χ0n) is 11.9. The average Bonchev–Trinajstić information content (AvgIpc) is 2.95. The van der Waals surface area contributed by atoms with Crippen molar-refractivity contribution in [2.24, 2.45) is 0 Å². The van der Waals surface area contributed by atoms with Gasteiger partial charge in [-0.3, -0.25) is 9.89 Å². The van der Waals surface area contributed by atoms with Crippen molar-refractivity contribution >= 4 is 11.6 Å². The van der Waals surface area contributed by atoms with Gasteiger partial charge in [0.25, 0.3) is 5.91 Å². The number of amides is 1. The predicted octanol–water partition coefficient (Wildman–Crippen LogP) is 0.721. The standard InChI is InChI=1S/C13H23N5O/c1-4-10-11(14)12(16-15-10)13(19)18(3)8-9-6-5-7-17(9)2/h9H,4-8,14H2,1-3H3,(H,15,16). The summed E-state index contributed by atoms with van der Waals surface area (Å²) >= 11 is 0. The molecule has 0 aliphatic carbocycles. The van der Waals surface area contributed by atoms with Crippen molar-refractivity contribution in [2.45, 2.75) is 32.2 Å². The summed E-state index contributed by atoms with van der Waals surface area (Å²) in [5.74, 6) is -0.103. The second-order valence-electron chi connectivity index (χ2n) is 5.28. The van der Waals surface area contributed by atoms with Crippen LogP contribution in [0.3, 0.4) is 0 Å². The van der Waals surface area contributed by atoms with E-state index >= 15 is 0 Å². The lowest BCUT2D eigenvalue weighted by Crippen LogP contribution is -2.39. The fraction of sp³-hybridized carbons (Fsp3) is 0.692. The maximum absolute atomic E-state index is 12.3. The molecule has 0 spiro atoms. The lowest BCUT2D eigenvalue weighted by molar-refractivity contribution is 0.0756. The first-order valence-electron chi connectivity index (χ1n) is 6.83. The number of anilines is 1. The molecule has 6 heteroatoms. The van der Waals surface area contributed by atoms with E-state index in [0.717, 1.165) is 31.6 Å². The number of hydrogen-bond acceptors (Lipinski definition) is 4. The van der Waals surface area contributed by atoms with E-state index < -0.39 is 0 Å². The Labute approximate surface area is 113 Å². The fourth-order valence-electron chi connectivity index (χ4n) is 2.61. The van der Waals surface area contributed by atoms with Crippen LogP contribution in [0.4, 0.5) is 5.69 Å². The van der Waals surface area contributed by atoms with Crippen LogP contribution in [0.25, 0.3) is 0 Å². The van der Waals surface area contributed by atoms with Crippen LogP contribution < -0.4 is 5.73 Å². The van der Waals surface area contributed by atoms with E-state index in [2.05, 4.69) is 22.1 Å². The summed E-state index contributed by atoms with van der Waals surface area (Å²) in [6, 6.07) is 0.444. The van der Waals surface area contributed by atoms with Crippen LogP contribution in [-0.2, 0) is 6.42 Å². The van der Waals surface area contributed by atoms with Crippen LogP contribution in [-0.4, -0.2) is 59.1 Å². The number of hydrogen-bond donors (Lipinski definition) is 2. The Morgan fingerprint density at radius 2 is 2.37 bits per heavy atom. The average molecular weight is 265 g/mol. The number of aromatic nitrogens is 2. The van der Waals surface area contributed by atoms with Gasteiger partial charge in [-0.05, 0) is 32.9 Å². The maximum Gasteiger partial charge on any atom is 0.276 e. The maximum atomic E-state index is 12.3. The van der Waals surface area contributed by atoms with Gasteiger partial charge in [-0.25, -0.2) is 0 Å². The number of likely N-dealkylation sites (tertiary alicyclic amines) is 1. The van der Waals surface area contributed by atoms with Gasteiger partial charge in [0.2, 0.25) is 0 Å². The highest BCUT2D eigenvalue weighted by Gasteiger charge is 2.26. The number of rotatable bonds is 4. The van der Waals surface area contributed by atoms with E-state index in [9.17, 15) is 4.79 Å². The highest BCUT2D eigenvalue weighted by atomic mass is 16.2. The number of aryl methyl sites for hydroxylation is 1. The van der Waals surface area contributed by atoms with E-state index in [1.165, 1.54) is 6.42 Å². The third kappa shape index (κ3) is 2.73. The molecule has 2 rings (SSSR count). The fourth-order valence-corrected chi connectivity index (χ4v) is 2.61. The normalized spacial score (nSPS) is 19.8. The number of carbonyl (C=O) groups excluding carboxylic acids is 1. The lowest BCUT2D eigenvalue weighted by Gasteiger charge is -2.25. The van der Waals surface area contributed by atoms with Crippen LogP contribution in [0.1, 0.15) is 35.9 Å². The summed E-state index contributed by atoms with van der Waals surface area (Å²) in [4.78, 5) is 16.4. The first kappa shape index (κ1) is 13.9. The van der Waals surface area contributed by atoms with Gasteiger partial charge in [0.15, 0.2) is 5.69 Å². The molecule has 6 nitrogen and oxygen atoms in total. The number of nitrogens with two attached hydrogens (primary N) is 1. The molecule has 0 aromatic carbocycles. The summed E-state index contributed by atoms with van der Waals surface area (Å²) in [6.45, 7) is 3.82. The van der Waals surface area contributed by atoms with Crippen molar-refractivity contribution in [1.82, 2.24) is 20.0 Å². The van der Waals surface area contributed by atoms with Gasteiger partial charge in [-0.1, -0.05) is 6.92 Å². The van der Waals surface area contributed by atoms with Gasteiger partial charge in [0.1, 0.15) is 0 Å². The van der Waals surface area contributed by atoms with Crippen molar-refractivity contribution in [2.75, 3.05) is 32.9 Å². The van der Waals surface area contributed by atoms with Crippen molar-refractivity contribution in [3.05, 3.63) is 11.4 Å². The Morgan fingerprint density at radius 3 is 2.89 bits per heavy atom. The van der Waals surface area contributed by atoms with Crippen molar-refractivity contribution < 1.29 is 4.79 Å². The topological polar surface area (TPSA) is 78.2 Å². The third-order valence-electron chi connectivity index (χ3n) is 3.94. The van der Waals surface area contributed by atoms with Gasteiger partial charge in [0.05, 0.1) is 11.4 Å². The van der Waals surface area contributed by atoms with Gasteiger partial charge in [-0.15, -0.1) is 0 Å². The molecule has 106 valence electrons. The molecule has 19 heavy (non-hydrogen) atoms. The van der Waals surface area contributed by atoms with Crippen molar-refractivity contribution in [3.8, 4) is 0 Å². The molecular weight excluding hydrogens is 242 g/mol. The number of likely N-dealkylation sites (N-methyl/N-ethyl adjacent to an activating group) is 2. The molecule has 1 fully saturated rings. The molecule has 0 saturated carbocycles. The zero-order chi connectivity index (χ0) is 14.0. The second-order valence-corrected chi connectivity index (χ2v) is 5.28. The Kier molecular flexibility index (Phi) is 4.09. The number of nitrogens with one attached hydrogen (secondary N) is 1. The number of nitrogen functional groups attached to an aromatic ring is 1. The lowest BCUT2D eigenvalue weighted by atomic mass is 10.2. The van der Waals surface area contributed by atoms with Crippen LogP contribution in [0.5, 0.6) is 0 Å². The van der Waals surface area contributed by atoms with Crippen molar-refractivity contribution in [1.29, 1.82) is 0 Å². The van der Waals surface area contributed by atoms with Gasteiger partial charge < -0.3 is 15.5 Å². The molecule has 1 amide bonds. The zero-order valence-corrected chi connectivity index (χ0v) is 11.9. The molecule has 0 radical (unpaired) electrons. The van der Waals surface area contributed by atoms with Crippen LogP contribution in [0.15, 0.2) is 0 Å². The molecule has 1 aliphatic rings. The Bertz CT molecular complexity index is 456. The first-order valence-corrected chi connectivity index (χ1v) is 6.83. The summed E-state index contributed by atoms with van der Waals surface area (Å²) in [7, 11) is 3.92. The smallest absolute Gasteiger partial charge is 0.276 e. The number of H-pyrrole nitrogens is 1. The van der Waals surface area contributed by atoms with Gasteiger partial charge in [0, 0.05) is 19.6 Å². The predicted molar refractivity (Wildman–Crippen MR) is 75.0 cm³/mol. The van der Waals surface area contributed by atoms with Gasteiger partial charge >= 0.3 is 0 Å². The Hall–Kier alpha value is -1.56. The number of carbonyl (C=O) groups is 1. The molecule has 1 atom stereocenters. The minimum absolute atomic E-state index is 0.103. The summed E-state index contributed by atoms with van der Waals surface area (Å²) < 4.78 is 0. The van der Waals surface area contributed by atoms with E-state index in [1.54, 1.807) is 4.90 Å². The quantitative estimate of drug-likeness (QED) is 0.841. The number of aromatic amines is 1. The van der Waals surface area contributed by atoms with Crippen LogP contribution >= 0.6 is 0 Å². The third-order valence-corrected chi connectivity index (χ3v) is 3.94. The van der Waals surface area contributed by atoms with Crippen LogP contribution in [0.2, 0.25) is 0 Å². The molecule has 1 aliphatic heterocycles. The van der Waals surface area contributed by atoms with E-state index in [-0.39, 0.29) is 5.91 Å². The second kappa shape index (κ2) is 5.61. The molecule has 1 saturated heterocycles. The van der Waals surface area contributed by atoms with E-state index in [1.807, 2.05) is 14.0 Å². The highest BCUT2D eigenvalue weighted by Crippen LogP contribution is 2.19. The minimum Gasteiger partial charge on any atom is -0.395 e. The molecule has 1 unspecified atom stereocenters. The summed E-state index contributed by atoms with van der Waals surface area (Å²) in [5.41, 5.74) is 7.60. The molecule has 3 N–H and O–H groups in total. The Morgan fingerprint density at radius 1 is 1.63 bits per heavy atom. The highest BCUT2D eigenvalue weighted by molar-refractivity contribution is 5.97. The van der Waals surface area contributed by atoms with E-state index in [4.69, 9.17) is 5.73 Å². The summed E-state index contributed by atoms with van der Waals surface area (Å²) in [6.07, 6.45) is 3.10. The largest absolute Gasteiger partial charge is 0.395 e. The van der Waals surface area contributed by atoms with Crippen molar-refractivity contribution in [3.63, 3.8) is 0 Å². The first-order chi connectivity index (χ1) is 9.04. The molecule has 1 aromatic heterocycles. The SMILES string of the molecule is CCc1[nH]nc(C(=O)N(C)CC2CCCN2C)c1N. The van der Waals surface area contributed by atoms with Gasteiger partial charge in [-0.2, -0.15) is 5.10 Å². The molecular formula is C13H23N5O. The molecule has 0 bridgehead atoms.